The molecule has 0 saturated heterocycles. The molecule has 1 aromatic heterocycles. The van der Waals surface area contributed by atoms with Crippen LogP contribution in [0, 0.1) is 21.4 Å². The van der Waals surface area contributed by atoms with Gasteiger partial charge in [0.25, 0.3) is 5.69 Å². The van der Waals surface area contributed by atoms with Crippen LogP contribution in [0.4, 0.5) is 11.5 Å². The molecule has 3 rings (SSSR count). The van der Waals surface area contributed by atoms with E-state index >= 15 is 0 Å². The average Bonchev–Trinajstić information content (AvgIpc) is 2.67. The lowest BCUT2D eigenvalue weighted by molar-refractivity contribution is -0.384. The van der Waals surface area contributed by atoms with Crippen molar-refractivity contribution >= 4 is 11.5 Å². The number of nitro benzene ring substituents is 1. The molecule has 0 aliphatic rings. The number of nitrogen functional groups attached to an aromatic ring is 1. The van der Waals surface area contributed by atoms with Gasteiger partial charge in [0, 0.05) is 23.3 Å². The maximum Gasteiger partial charge on any atom is 0.269 e. The smallest absolute Gasteiger partial charge is 0.269 e. The number of rotatable bonds is 4. The molecule has 26 heavy (non-hydrogen) atoms. The zero-order valence-corrected chi connectivity index (χ0v) is 13.8. The van der Waals surface area contributed by atoms with Gasteiger partial charge < -0.3 is 10.5 Å². The van der Waals surface area contributed by atoms with Gasteiger partial charge in [0.1, 0.15) is 23.2 Å². The second-order valence-corrected chi connectivity index (χ2v) is 5.46. The maximum absolute atomic E-state index is 10.8. The van der Waals surface area contributed by atoms with Gasteiger partial charge in [0.15, 0.2) is 0 Å². The molecule has 1 heterocycles. The Morgan fingerprint density at radius 1 is 1.12 bits per heavy atom. The van der Waals surface area contributed by atoms with E-state index in [-0.39, 0.29) is 17.1 Å². The topological polar surface area (TPSA) is 115 Å². The van der Waals surface area contributed by atoms with Crippen LogP contribution in [0.15, 0.2) is 54.6 Å². The van der Waals surface area contributed by atoms with E-state index in [1.54, 1.807) is 37.4 Å². The number of nitriles is 1. The molecule has 0 atom stereocenters. The van der Waals surface area contributed by atoms with E-state index in [0.717, 1.165) is 5.56 Å². The Morgan fingerprint density at radius 2 is 1.73 bits per heavy atom. The van der Waals surface area contributed by atoms with Crippen LogP contribution in [0.2, 0.25) is 0 Å². The van der Waals surface area contributed by atoms with Crippen LogP contribution < -0.4 is 10.5 Å². The van der Waals surface area contributed by atoms with Crippen LogP contribution in [-0.4, -0.2) is 17.0 Å². The van der Waals surface area contributed by atoms with Gasteiger partial charge in [-0.2, -0.15) is 5.26 Å². The fourth-order valence-electron chi connectivity index (χ4n) is 2.58. The minimum atomic E-state index is -0.474. The van der Waals surface area contributed by atoms with Crippen molar-refractivity contribution in [3.05, 3.63) is 70.3 Å². The number of pyridine rings is 1. The van der Waals surface area contributed by atoms with E-state index in [9.17, 15) is 15.4 Å². The first-order valence-corrected chi connectivity index (χ1v) is 7.63. The second kappa shape index (κ2) is 6.91. The predicted octanol–water partition coefficient (Wildman–Crippen LogP) is 3.79. The molecule has 0 radical (unpaired) electrons. The summed E-state index contributed by atoms with van der Waals surface area (Å²) in [4.78, 5) is 14.7. The van der Waals surface area contributed by atoms with Crippen molar-refractivity contribution in [2.75, 3.05) is 12.8 Å². The molecule has 7 heteroatoms. The summed E-state index contributed by atoms with van der Waals surface area (Å²) in [5, 5.41) is 20.3. The van der Waals surface area contributed by atoms with Gasteiger partial charge in [-0.25, -0.2) is 4.98 Å². The lowest BCUT2D eigenvalue weighted by Gasteiger charge is -2.10. The number of anilines is 1. The largest absolute Gasteiger partial charge is 0.497 e. The Kier molecular flexibility index (Phi) is 4.50. The van der Waals surface area contributed by atoms with Gasteiger partial charge >= 0.3 is 0 Å². The average molecular weight is 346 g/mol. The summed E-state index contributed by atoms with van der Waals surface area (Å²) >= 11 is 0. The lowest BCUT2D eigenvalue weighted by Crippen LogP contribution is -2.00. The van der Waals surface area contributed by atoms with Crippen molar-refractivity contribution in [1.82, 2.24) is 4.98 Å². The molecule has 0 fully saturated rings. The number of non-ortho nitro benzene ring substituents is 1. The number of ether oxygens (including phenoxy) is 1. The molecular formula is C19H14N4O3. The summed E-state index contributed by atoms with van der Waals surface area (Å²) < 4.78 is 5.15. The highest BCUT2D eigenvalue weighted by Crippen LogP contribution is 2.32. The number of benzene rings is 2. The van der Waals surface area contributed by atoms with Crippen LogP contribution in [0.1, 0.15) is 5.56 Å². The number of hydrogen-bond donors (Lipinski definition) is 1. The van der Waals surface area contributed by atoms with Crippen molar-refractivity contribution in [2.24, 2.45) is 0 Å². The van der Waals surface area contributed by atoms with Crippen LogP contribution in [0.25, 0.3) is 22.4 Å². The first-order chi connectivity index (χ1) is 12.5. The number of hydrogen-bond acceptors (Lipinski definition) is 6. The Morgan fingerprint density at radius 3 is 2.27 bits per heavy atom. The molecule has 0 aliphatic heterocycles. The van der Waals surface area contributed by atoms with E-state index in [1.165, 1.54) is 12.1 Å². The number of aromatic nitrogens is 1. The summed E-state index contributed by atoms with van der Waals surface area (Å²) in [5.41, 5.74) is 8.81. The van der Waals surface area contributed by atoms with Gasteiger partial charge in [-0.1, -0.05) is 0 Å². The second-order valence-electron chi connectivity index (χ2n) is 5.46. The Balaban J connectivity index is 2.12. The highest BCUT2D eigenvalue weighted by atomic mass is 16.6. The minimum Gasteiger partial charge on any atom is -0.497 e. The predicted molar refractivity (Wildman–Crippen MR) is 97.4 cm³/mol. The number of nitrogens with zero attached hydrogens (tertiary/aromatic N) is 3. The fourth-order valence-corrected chi connectivity index (χ4v) is 2.58. The van der Waals surface area contributed by atoms with Gasteiger partial charge in [-0.15, -0.1) is 0 Å². The van der Waals surface area contributed by atoms with E-state index < -0.39 is 4.92 Å². The molecule has 0 saturated carbocycles. The van der Waals surface area contributed by atoms with Crippen molar-refractivity contribution in [2.45, 2.75) is 0 Å². The lowest BCUT2D eigenvalue weighted by atomic mass is 9.98. The van der Waals surface area contributed by atoms with Crippen molar-refractivity contribution in [3.8, 4) is 34.2 Å². The van der Waals surface area contributed by atoms with Crippen molar-refractivity contribution in [3.63, 3.8) is 0 Å². The standard InChI is InChI=1S/C19H14N4O3/c1-26-15-8-4-13(5-9-15)18-10-16(17(11-20)19(21)22-18)12-2-6-14(7-3-12)23(24)25/h2-10H,1H3,(H2,21,22). The highest BCUT2D eigenvalue weighted by molar-refractivity contribution is 5.80. The zero-order valence-electron chi connectivity index (χ0n) is 13.8. The normalized spacial score (nSPS) is 10.2. The molecule has 2 N–H and O–H groups in total. The summed E-state index contributed by atoms with van der Waals surface area (Å²) in [6.45, 7) is 0. The summed E-state index contributed by atoms with van der Waals surface area (Å²) in [5.74, 6) is 0.820. The van der Waals surface area contributed by atoms with Crippen molar-refractivity contribution in [1.29, 1.82) is 5.26 Å². The molecule has 0 amide bonds. The monoisotopic (exact) mass is 346 g/mol. The number of nitro groups is 1. The molecule has 3 aromatic rings. The fraction of sp³-hybridized carbons (Fsp3) is 0.0526. The number of methoxy groups -OCH3 is 1. The van der Waals surface area contributed by atoms with Crippen LogP contribution in [0.5, 0.6) is 5.75 Å². The first-order valence-electron chi connectivity index (χ1n) is 7.63. The third-order valence-electron chi connectivity index (χ3n) is 3.93. The maximum atomic E-state index is 10.8. The van der Waals surface area contributed by atoms with E-state index in [0.29, 0.717) is 22.6 Å². The third-order valence-corrected chi connectivity index (χ3v) is 3.93. The summed E-state index contributed by atoms with van der Waals surface area (Å²) in [7, 11) is 1.58. The highest BCUT2D eigenvalue weighted by Gasteiger charge is 2.14. The molecule has 0 bridgehead atoms. The van der Waals surface area contributed by atoms with Crippen LogP contribution in [0.3, 0.4) is 0 Å². The van der Waals surface area contributed by atoms with Gasteiger partial charge in [-0.05, 0) is 48.0 Å². The Hall–Kier alpha value is -3.92. The summed E-state index contributed by atoms with van der Waals surface area (Å²) in [6.07, 6.45) is 0. The van der Waals surface area contributed by atoms with E-state index in [2.05, 4.69) is 11.1 Å². The summed E-state index contributed by atoms with van der Waals surface area (Å²) in [6, 6.07) is 17.0. The van der Waals surface area contributed by atoms with Crippen molar-refractivity contribution < 1.29 is 9.66 Å². The van der Waals surface area contributed by atoms with Gasteiger partial charge in [-0.3, -0.25) is 10.1 Å². The molecule has 0 aliphatic carbocycles. The molecule has 7 nitrogen and oxygen atoms in total. The van der Waals surface area contributed by atoms with E-state index in [1.807, 2.05) is 12.1 Å². The molecular weight excluding hydrogens is 332 g/mol. The Labute approximate surface area is 149 Å². The zero-order chi connectivity index (χ0) is 18.7. The molecule has 0 spiro atoms. The quantitative estimate of drug-likeness (QED) is 0.567. The van der Waals surface area contributed by atoms with Gasteiger partial charge in [0.05, 0.1) is 17.7 Å². The van der Waals surface area contributed by atoms with Crippen LogP contribution >= 0.6 is 0 Å². The van der Waals surface area contributed by atoms with Crippen LogP contribution in [-0.2, 0) is 0 Å². The van der Waals surface area contributed by atoms with Gasteiger partial charge in [0.2, 0.25) is 0 Å². The Bertz CT molecular complexity index is 1010. The first kappa shape index (κ1) is 16.9. The minimum absolute atomic E-state index is 0.0235. The molecule has 128 valence electrons. The SMILES string of the molecule is COc1ccc(-c2cc(-c3ccc([N+](=O)[O-])cc3)c(C#N)c(N)n2)cc1. The van der Waals surface area contributed by atoms with E-state index in [4.69, 9.17) is 10.5 Å². The third kappa shape index (κ3) is 3.16. The molecule has 2 aromatic carbocycles. The molecule has 0 unspecified atom stereocenters. The number of nitrogens with two attached hydrogens (primary N) is 1.